The average molecular weight is 588 g/mol. The molecule has 0 saturated carbocycles. The van der Waals surface area contributed by atoms with Crippen LogP contribution in [-0.4, -0.2) is 0 Å². The van der Waals surface area contributed by atoms with Gasteiger partial charge >= 0.3 is 0 Å². The first kappa shape index (κ1) is 26.7. The van der Waals surface area contributed by atoms with Crippen molar-refractivity contribution in [2.45, 2.75) is 19.3 Å². The van der Waals surface area contributed by atoms with Crippen LogP contribution in [0.15, 0.2) is 164 Å². The third kappa shape index (κ3) is 3.88. The molecule has 0 N–H and O–H groups in total. The molecule has 0 atom stereocenters. The number of hydrogen-bond donors (Lipinski definition) is 0. The van der Waals surface area contributed by atoms with Gasteiger partial charge in [-0.25, -0.2) is 0 Å². The summed E-state index contributed by atoms with van der Waals surface area (Å²) in [6.07, 6.45) is 0. The summed E-state index contributed by atoms with van der Waals surface area (Å²) in [5.74, 6) is 0. The van der Waals surface area contributed by atoms with Gasteiger partial charge in [0.25, 0.3) is 0 Å². The topological polar surface area (TPSA) is 3.24 Å². The highest BCUT2D eigenvalue weighted by atomic mass is 15.1. The van der Waals surface area contributed by atoms with E-state index in [2.05, 4.69) is 183 Å². The second kappa shape index (κ2) is 10.2. The van der Waals surface area contributed by atoms with Gasteiger partial charge in [0.15, 0.2) is 0 Å². The van der Waals surface area contributed by atoms with Crippen molar-refractivity contribution in [2.24, 2.45) is 0 Å². The SMILES string of the molecule is CC1(C)c2c(ccc3ccccc23)-c2c1c1ccc(N(c3ccccc3)c3ccccc3-c3ccccc3)cc1c1ccccc21. The molecule has 1 aliphatic carbocycles. The molecule has 0 unspecified atom stereocenters. The molecular formula is C45H33N. The molecule has 0 aromatic heterocycles. The highest BCUT2D eigenvalue weighted by molar-refractivity contribution is 6.20. The molecule has 8 aromatic rings. The Kier molecular flexibility index (Phi) is 5.92. The summed E-state index contributed by atoms with van der Waals surface area (Å²) in [5.41, 5.74) is 11.3. The molecule has 1 nitrogen and oxygen atoms in total. The maximum absolute atomic E-state index is 2.42. The Bertz CT molecular complexity index is 2440. The Morgan fingerprint density at radius 2 is 1.07 bits per heavy atom. The van der Waals surface area contributed by atoms with Crippen LogP contribution in [0.5, 0.6) is 0 Å². The largest absolute Gasteiger partial charge is 0.310 e. The van der Waals surface area contributed by atoms with E-state index in [1.165, 1.54) is 65.7 Å². The summed E-state index contributed by atoms with van der Waals surface area (Å²) in [4.78, 5) is 2.41. The Morgan fingerprint density at radius 3 is 1.87 bits per heavy atom. The van der Waals surface area contributed by atoms with Crippen LogP contribution in [0.25, 0.3) is 54.6 Å². The molecule has 9 rings (SSSR count). The van der Waals surface area contributed by atoms with Crippen LogP contribution in [0.3, 0.4) is 0 Å². The van der Waals surface area contributed by atoms with E-state index < -0.39 is 0 Å². The lowest BCUT2D eigenvalue weighted by Gasteiger charge is -2.29. The van der Waals surface area contributed by atoms with Gasteiger partial charge in [-0.15, -0.1) is 0 Å². The van der Waals surface area contributed by atoms with E-state index >= 15 is 0 Å². The standard InChI is InChI=1S/C45H33N/c1-45(2)43-35-21-10-9-17-31(35)25-27-39(43)42-37-23-12-11-22-36(37)40-29-33(26-28-38(40)44(42)45)46(32-18-7-4-8-19-32)41-24-14-13-20-34(41)30-15-5-3-6-16-30/h3-29H,1-2H3. The van der Waals surface area contributed by atoms with Gasteiger partial charge in [0.05, 0.1) is 5.69 Å². The minimum Gasteiger partial charge on any atom is -0.310 e. The monoisotopic (exact) mass is 587 g/mol. The third-order valence-corrected chi connectivity index (χ3v) is 9.96. The van der Waals surface area contributed by atoms with Crippen molar-refractivity contribution in [3.63, 3.8) is 0 Å². The van der Waals surface area contributed by atoms with Gasteiger partial charge in [0.2, 0.25) is 0 Å². The summed E-state index contributed by atoms with van der Waals surface area (Å²) in [7, 11) is 0. The quantitative estimate of drug-likeness (QED) is 0.185. The lowest BCUT2D eigenvalue weighted by molar-refractivity contribution is 0.672. The fraction of sp³-hybridized carbons (Fsp3) is 0.0667. The van der Waals surface area contributed by atoms with Crippen molar-refractivity contribution >= 4 is 49.4 Å². The van der Waals surface area contributed by atoms with Crippen molar-refractivity contribution in [1.82, 2.24) is 0 Å². The minimum absolute atomic E-state index is 0.158. The van der Waals surface area contributed by atoms with Gasteiger partial charge in [-0.3, -0.25) is 0 Å². The average Bonchev–Trinajstić information content (AvgIpc) is 3.36. The lowest BCUT2D eigenvalue weighted by Crippen LogP contribution is -2.16. The highest BCUT2D eigenvalue weighted by Gasteiger charge is 2.39. The summed E-state index contributed by atoms with van der Waals surface area (Å²) in [6, 6.07) is 59.8. The first-order valence-electron chi connectivity index (χ1n) is 16.1. The van der Waals surface area contributed by atoms with Crippen LogP contribution in [-0.2, 0) is 5.41 Å². The molecule has 0 aliphatic heterocycles. The predicted octanol–water partition coefficient (Wildman–Crippen LogP) is 12.6. The van der Waals surface area contributed by atoms with Crippen LogP contribution in [0, 0.1) is 0 Å². The highest BCUT2D eigenvalue weighted by Crippen LogP contribution is 2.57. The molecule has 1 heteroatoms. The van der Waals surface area contributed by atoms with E-state index in [0.717, 1.165) is 17.1 Å². The molecule has 0 amide bonds. The van der Waals surface area contributed by atoms with Crippen molar-refractivity contribution in [3.05, 3.63) is 175 Å². The van der Waals surface area contributed by atoms with E-state index in [4.69, 9.17) is 0 Å². The Labute approximate surface area is 270 Å². The zero-order valence-electron chi connectivity index (χ0n) is 26.0. The number of nitrogens with zero attached hydrogens (tertiary/aromatic N) is 1. The molecule has 0 saturated heterocycles. The molecule has 1 aliphatic rings. The van der Waals surface area contributed by atoms with Gasteiger partial charge in [0.1, 0.15) is 0 Å². The van der Waals surface area contributed by atoms with Crippen LogP contribution in [0.2, 0.25) is 0 Å². The maximum Gasteiger partial charge on any atom is 0.0540 e. The van der Waals surface area contributed by atoms with Gasteiger partial charge in [-0.05, 0) is 90.5 Å². The number of para-hydroxylation sites is 2. The minimum atomic E-state index is -0.158. The van der Waals surface area contributed by atoms with Crippen molar-refractivity contribution < 1.29 is 0 Å². The Morgan fingerprint density at radius 1 is 0.413 bits per heavy atom. The van der Waals surface area contributed by atoms with Crippen molar-refractivity contribution in [2.75, 3.05) is 4.90 Å². The second-order valence-electron chi connectivity index (χ2n) is 12.9. The summed E-state index contributed by atoms with van der Waals surface area (Å²) >= 11 is 0. The maximum atomic E-state index is 2.42. The van der Waals surface area contributed by atoms with Crippen molar-refractivity contribution in [3.8, 4) is 22.3 Å². The van der Waals surface area contributed by atoms with Crippen LogP contribution >= 0.6 is 0 Å². The van der Waals surface area contributed by atoms with Gasteiger partial charge in [-0.1, -0.05) is 147 Å². The molecular weight excluding hydrogens is 555 g/mol. The van der Waals surface area contributed by atoms with Crippen LogP contribution < -0.4 is 4.90 Å². The lowest BCUT2D eigenvalue weighted by atomic mass is 9.78. The van der Waals surface area contributed by atoms with E-state index in [9.17, 15) is 0 Å². The summed E-state index contributed by atoms with van der Waals surface area (Å²) in [6.45, 7) is 4.83. The van der Waals surface area contributed by atoms with E-state index in [1.807, 2.05) is 0 Å². The number of hydrogen-bond acceptors (Lipinski definition) is 1. The molecule has 0 fully saturated rings. The molecule has 8 aromatic carbocycles. The number of fused-ring (bicyclic) bond motifs is 10. The first-order chi connectivity index (χ1) is 22.6. The number of benzene rings is 8. The molecule has 0 bridgehead atoms. The van der Waals surface area contributed by atoms with E-state index in [1.54, 1.807) is 0 Å². The number of anilines is 3. The summed E-state index contributed by atoms with van der Waals surface area (Å²) < 4.78 is 0. The van der Waals surface area contributed by atoms with Gasteiger partial charge < -0.3 is 4.90 Å². The van der Waals surface area contributed by atoms with Crippen molar-refractivity contribution in [1.29, 1.82) is 0 Å². The third-order valence-electron chi connectivity index (χ3n) is 9.96. The van der Waals surface area contributed by atoms with Crippen LogP contribution in [0.1, 0.15) is 25.0 Å². The fourth-order valence-electron chi connectivity index (χ4n) is 8.06. The number of rotatable bonds is 4. The van der Waals surface area contributed by atoms with Crippen LogP contribution in [0.4, 0.5) is 17.1 Å². The molecule has 0 heterocycles. The Hall–Kier alpha value is -5.66. The summed E-state index contributed by atoms with van der Waals surface area (Å²) in [5, 5.41) is 7.87. The predicted molar refractivity (Wildman–Crippen MR) is 197 cm³/mol. The van der Waals surface area contributed by atoms with Gasteiger partial charge in [0, 0.05) is 22.4 Å². The normalized spacial score (nSPS) is 13.2. The molecule has 0 spiro atoms. The zero-order valence-corrected chi connectivity index (χ0v) is 26.0. The molecule has 0 radical (unpaired) electrons. The van der Waals surface area contributed by atoms with Gasteiger partial charge in [-0.2, -0.15) is 0 Å². The fourth-order valence-corrected chi connectivity index (χ4v) is 8.06. The molecule has 46 heavy (non-hydrogen) atoms. The zero-order chi connectivity index (χ0) is 30.8. The van der Waals surface area contributed by atoms with E-state index in [-0.39, 0.29) is 5.41 Å². The first-order valence-corrected chi connectivity index (χ1v) is 16.1. The smallest absolute Gasteiger partial charge is 0.0540 e. The van der Waals surface area contributed by atoms with E-state index in [0.29, 0.717) is 0 Å². The Balaban J connectivity index is 1.34. The second-order valence-corrected chi connectivity index (χ2v) is 12.9. The molecule has 218 valence electrons.